The number of carboxylic acids is 1. The van der Waals surface area contributed by atoms with Crippen LogP contribution in [0.4, 0.5) is 0 Å². The molecule has 0 spiro atoms. The van der Waals surface area contributed by atoms with Gasteiger partial charge in [0.2, 0.25) is 0 Å². The molecule has 2 rings (SSSR count). The summed E-state index contributed by atoms with van der Waals surface area (Å²) in [6, 6.07) is 0.391. The monoisotopic (exact) mass is 287 g/mol. The van der Waals surface area contributed by atoms with Crippen LogP contribution < -0.4 is 5.32 Å². The Kier molecular flexibility index (Phi) is 5.77. The van der Waals surface area contributed by atoms with Crippen molar-refractivity contribution in [1.29, 1.82) is 0 Å². The number of carbonyl (C=O) groups is 1. The van der Waals surface area contributed by atoms with E-state index in [1.54, 1.807) is 7.11 Å². The van der Waals surface area contributed by atoms with Crippen LogP contribution in [0, 0.1) is 0 Å². The standard InChI is InChI=1S/C14H25NO5/c1-18-6-7-19-8-9-20-12-4-5-14(10-12,13(16)17)15-11-2-3-11/h11-12,15H,2-10H2,1H3,(H,16,17). The third kappa shape index (κ3) is 4.41. The van der Waals surface area contributed by atoms with Crippen LogP contribution in [0.1, 0.15) is 32.1 Å². The Morgan fingerprint density at radius 1 is 1.25 bits per heavy atom. The van der Waals surface area contributed by atoms with E-state index in [1.165, 1.54) is 0 Å². The zero-order chi connectivity index (χ0) is 14.4. The molecule has 0 aromatic heterocycles. The lowest BCUT2D eigenvalue weighted by atomic mass is 9.97. The molecule has 0 amide bonds. The number of ether oxygens (including phenoxy) is 3. The highest BCUT2D eigenvalue weighted by Crippen LogP contribution is 2.35. The van der Waals surface area contributed by atoms with Crippen LogP contribution in [0.5, 0.6) is 0 Å². The van der Waals surface area contributed by atoms with Crippen molar-refractivity contribution < 1.29 is 24.1 Å². The molecule has 0 aliphatic heterocycles. The highest BCUT2D eigenvalue weighted by atomic mass is 16.5. The van der Waals surface area contributed by atoms with Crippen LogP contribution in [0.15, 0.2) is 0 Å². The van der Waals surface area contributed by atoms with Gasteiger partial charge in [0.15, 0.2) is 0 Å². The Bertz CT molecular complexity index is 321. The maximum atomic E-state index is 11.5. The van der Waals surface area contributed by atoms with Crippen LogP contribution >= 0.6 is 0 Å². The predicted molar refractivity (Wildman–Crippen MR) is 72.8 cm³/mol. The van der Waals surface area contributed by atoms with E-state index in [0.717, 1.165) is 19.3 Å². The molecule has 0 aromatic carbocycles. The molecule has 2 fully saturated rings. The maximum absolute atomic E-state index is 11.5. The molecule has 2 saturated carbocycles. The fourth-order valence-electron chi connectivity index (χ4n) is 2.67. The summed E-state index contributed by atoms with van der Waals surface area (Å²) in [5.41, 5.74) is -0.775. The summed E-state index contributed by atoms with van der Waals surface area (Å²) in [7, 11) is 1.64. The van der Waals surface area contributed by atoms with Crippen LogP contribution in [0.25, 0.3) is 0 Å². The van der Waals surface area contributed by atoms with Crippen molar-refractivity contribution in [2.75, 3.05) is 33.5 Å². The lowest BCUT2D eigenvalue weighted by molar-refractivity contribution is -0.145. The molecule has 0 saturated heterocycles. The highest BCUT2D eigenvalue weighted by molar-refractivity contribution is 5.79. The van der Waals surface area contributed by atoms with Gasteiger partial charge >= 0.3 is 5.97 Å². The molecule has 2 atom stereocenters. The lowest BCUT2D eigenvalue weighted by Gasteiger charge is -2.26. The average molecular weight is 287 g/mol. The van der Waals surface area contributed by atoms with Gasteiger partial charge in [-0.2, -0.15) is 0 Å². The highest BCUT2D eigenvalue weighted by Gasteiger charge is 2.48. The Hall–Kier alpha value is -0.690. The van der Waals surface area contributed by atoms with E-state index < -0.39 is 11.5 Å². The molecule has 20 heavy (non-hydrogen) atoms. The molecule has 0 bridgehead atoms. The van der Waals surface area contributed by atoms with Crippen molar-refractivity contribution in [3.05, 3.63) is 0 Å². The van der Waals surface area contributed by atoms with Gasteiger partial charge in [-0.15, -0.1) is 0 Å². The average Bonchev–Trinajstić information content (AvgIpc) is 3.13. The van der Waals surface area contributed by atoms with E-state index in [0.29, 0.717) is 45.3 Å². The first-order chi connectivity index (χ1) is 9.66. The topological polar surface area (TPSA) is 77.0 Å². The van der Waals surface area contributed by atoms with Crippen LogP contribution in [-0.2, 0) is 19.0 Å². The van der Waals surface area contributed by atoms with E-state index in [2.05, 4.69) is 5.32 Å². The number of carboxylic acid groups (broad SMARTS) is 1. The minimum absolute atomic E-state index is 0.0170. The zero-order valence-electron chi connectivity index (χ0n) is 12.1. The van der Waals surface area contributed by atoms with Gasteiger partial charge in [0.1, 0.15) is 5.54 Å². The molecule has 0 heterocycles. The van der Waals surface area contributed by atoms with E-state index in [1.807, 2.05) is 0 Å². The second-order valence-electron chi connectivity index (χ2n) is 5.65. The second-order valence-corrected chi connectivity index (χ2v) is 5.65. The zero-order valence-corrected chi connectivity index (χ0v) is 12.1. The maximum Gasteiger partial charge on any atom is 0.324 e. The van der Waals surface area contributed by atoms with Crippen LogP contribution in [0.3, 0.4) is 0 Å². The van der Waals surface area contributed by atoms with Crippen molar-refractivity contribution in [2.24, 2.45) is 0 Å². The minimum atomic E-state index is -0.775. The lowest BCUT2D eigenvalue weighted by Crippen LogP contribution is -2.51. The Labute approximate surface area is 119 Å². The van der Waals surface area contributed by atoms with E-state index in [9.17, 15) is 9.90 Å². The van der Waals surface area contributed by atoms with Gasteiger partial charge in [-0.05, 0) is 25.7 Å². The molecule has 2 unspecified atom stereocenters. The fourth-order valence-corrected chi connectivity index (χ4v) is 2.67. The molecule has 2 N–H and O–H groups in total. The first-order valence-electron chi connectivity index (χ1n) is 7.36. The minimum Gasteiger partial charge on any atom is -0.480 e. The van der Waals surface area contributed by atoms with Crippen molar-refractivity contribution in [1.82, 2.24) is 5.32 Å². The Morgan fingerprint density at radius 3 is 2.65 bits per heavy atom. The summed E-state index contributed by atoms with van der Waals surface area (Å²) < 4.78 is 15.9. The molecule has 116 valence electrons. The van der Waals surface area contributed by atoms with Crippen LogP contribution in [-0.4, -0.2) is 62.3 Å². The SMILES string of the molecule is COCCOCCOC1CCC(NC2CC2)(C(=O)O)C1. The summed E-state index contributed by atoms with van der Waals surface area (Å²) in [6.07, 6.45) is 4.19. The van der Waals surface area contributed by atoms with E-state index in [-0.39, 0.29) is 6.10 Å². The molecule has 0 radical (unpaired) electrons. The normalized spacial score (nSPS) is 29.8. The largest absolute Gasteiger partial charge is 0.480 e. The van der Waals surface area contributed by atoms with Crippen LogP contribution in [0.2, 0.25) is 0 Å². The van der Waals surface area contributed by atoms with Gasteiger partial charge in [-0.1, -0.05) is 0 Å². The smallest absolute Gasteiger partial charge is 0.324 e. The molecular formula is C14H25NO5. The van der Waals surface area contributed by atoms with Crippen molar-refractivity contribution in [3.63, 3.8) is 0 Å². The molecular weight excluding hydrogens is 262 g/mol. The van der Waals surface area contributed by atoms with Gasteiger partial charge in [0, 0.05) is 19.6 Å². The van der Waals surface area contributed by atoms with Gasteiger partial charge in [-0.25, -0.2) is 0 Å². The molecule has 2 aliphatic carbocycles. The second kappa shape index (κ2) is 7.36. The molecule has 6 nitrogen and oxygen atoms in total. The fraction of sp³-hybridized carbons (Fsp3) is 0.929. The van der Waals surface area contributed by atoms with Gasteiger partial charge in [-0.3, -0.25) is 10.1 Å². The third-order valence-corrected chi connectivity index (χ3v) is 3.95. The first kappa shape index (κ1) is 15.7. The summed E-state index contributed by atoms with van der Waals surface area (Å²) in [6.45, 7) is 2.17. The summed E-state index contributed by atoms with van der Waals surface area (Å²) >= 11 is 0. The summed E-state index contributed by atoms with van der Waals surface area (Å²) in [5, 5.41) is 12.8. The van der Waals surface area contributed by atoms with Crippen molar-refractivity contribution in [3.8, 4) is 0 Å². The predicted octanol–water partition coefficient (Wildman–Crippen LogP) is 0.794. The number of hydrogen-bond acceptors (Lipinski definition) is 5. The van der Waals surface area contributed by atoms with E-state index >= 15 is 0 Å². The van der Waals surface area contributed by atoms with Gasteiger partial charge in [0.05, 0.1) is 32.5 Å². The quantitative estimate of drug-likeness (QED) is 0.579. The number of methoxy groups -OCH3 is 1. The molecule has 6 heteroatoms. The Morgan fingerprint density at radius 2 is 2.00 bits per heavy atom. The summed E-state index contributed by atoms with van der Waals surface area (Å²) in [4.78, 5) is 11.5. The van der Waals surface area contributed by atoms with Crippen molar-refractivity contribution in [2.45, 2.75) is 49.8 Å². The Balaban J connectivity index is 1.66. The van der Waals surface area contributed by atoms with Gasteiger partial charge < -0.3 is 19.3 Å². The number of aliphatic carboxylic acids is 1. The van der Waals surface area contributed by atoms with Gasteiger partial charge in [0.25, 0.3) is 0 Å². The van der Waals surface area contributed by atoms with Crippen molar-refractivity contribution >= 4 is 5.97 Å². The number of hydrogen-bond donors (Lipinski definition) is 2. The van der Waals surface area contributed by atoms with E-state index in [4.69, 9.17) is 14.2 Å². The third-order valence-electron chi connectivity index (χ3n) is 3.95. The molecule has 2 aliphatic rings. The first-order valence-corrected chi connectivity index (χ1v) is 7.36. The molecule has 0 aromatic rings. The number of rotatable bonds is 10. The summed E-state index contributed by atoms with van der Waals surface area (Å²) in [5.74, 6) is -0.744. The number of nitrogens with one attached hydrogen (secondary N) is 1.